The standard InChI is InChI=1S/C19H16N6O3/c1-11-16(18(26)24-15-4-2-3-7-20-15)17(25-19(23-11)21-9-22-25)12-5-6-13-14(8-12)28-10-27-13/h2-9,17H,10H2,1H3,(H,20,24,26)(H,21,22,23). The van der Waals surface area contributed by atoms with Gasteiger partial charge >= 0.3 is 0 Å². The van der Waals surface area contributed by atoms with Crippen molar-refractivity contribution in [3.63, 3.8) is 0 Å². The normalized spacial score (nSPS) is 17.1. The molecule has 1 amide bonds. The van der Waals surface area contributed by atoms with Gasteiger partial charge in [0, 0.05) is 11.9 Å². The van der Waals surface area contributed by atoms with Crippen LogP contribution in [-0.2, 0) is 4.79 Å². The summed E-state index contributed by atoms with van der Waals surface area (Å²) in [5, 5.41) is 10.3. The van der Waals surface area contributed by atoms with Crippen molar-refractivity contribution in [1.82, 2.24) is 19.7 Å². The predicted octanol–water partition coefficient (Wildman–Crippen LogP) is 2.33. The third kappa shape index (κ3) is 2.64. The molecule has 2 N–H and O–H groups in total. The van der Waals surface area contributed by atoms with Crippen molar-refractivity contribution >= 4 is 17.7 Å². The number of aromatic nitrogens is 4. The first-order valence-electron chi connectivity index (χ1n) is 8.70. The molecule has 2 aliphatic heterocycles. The molecule has 1 atom stereocenters. The number of carbonyl (C=O) groups excluding carboxylic acids is 1. The highest BCUT2D eigenvalue weighted by Gasteiger charge is 2.34. The lowest BCUT2D eigenvalue weighted by atomic mass is 9.94. The Kier molecular flexibility index (Phi) is 3.71. The van der Waals surface area contributed by atoms with Gasteiger partial charge in [-0.15, -0.1) is 0 Å². The number of nitrogens with zero attached hydrogens (tertiary/aromatic N) is 4. The lowest BCUT2D eigenvalue weighted by Gasteiger charge is -2.28. The minimum atomic E-state index is -0.475. The number of amides is 1. The van der Waals surface area contributed by atoms with Gasteiger partial charge in [0.15, 0.2) is 11.5 Å². The molecule has 5 rings (SSSR count). The molecular formula is C19H16N6O3. The van der Waals surface area contributed by atoms with Crippen molar-refractivity contribution in [2.24, 2.45) is 0 Å². The highest BCUT2D eigenvalue weighted by molar-refractivity contribution is 6.05. The van der Waals surface area contributed by atoms with E-state index in [9.17, 15) is 4.79 Å². The third-order valence-corrected chi connectivity index (χ3v) is 4.66. The summed E-state index contributed by atoms with van der Waals surface area (Å²) in [6.07, 6.45) is 3.08. The fraction of sp³-hybridized carbons (Fsp3) is 0.158. The van der Waals surface area contributed by atoms with Crippen molar-refractivity contribution in [2.75, 3.05) is 17.4 Å². The van der Waals surface area contributed by atoms with E-state index in [2.05, 4.69) is 25.7 Å². The number of hydrogen-bond acceptors (Lipinski definition) is 7. The van der Waals surface area contributed by atoms with Gasteiger partial charge in [0.05, 0.1) is 5.57 Å². The van der Waals surface area contributed by atoms with Gasteiger partial charge in [-0.05, 0) is 36.8 Å². The monoisotopic (exact) mass is 376 g/mol. The highest BCUT2D eigenvalue weighted by atomic mass is 16.7. The lowest BCUT2D eigenvalue weighted by molar-refractivity contribution is -0.113. The minimum absolute atomic E-state index is 0.182. The van der Waals surface area contributed by atoms with Gasteiger partial charge < -0.3 is 20.1 Å². The van der Waals surface area contributed by atoms with Gasteiger partial charge in [0.1, 0.15) is 18.2 Å². The van der Waals surface area contributed by atoms with Crippen LogP contribution in [0.5, 0.6) is 11.5 Å². The number of carbonyl (C=O) groups is 1. The molecule has 3 aromatic rings. The summed E-state index contributed by atoms with van der Waals surface area (Å²) >= 11 is 0. The molecule has 4 heterocycles. The van der Waals surface area contributed by atoms with Gasteiger partial charge in [-0.25, -0.2) is 9.67 Å². The molecule has 9 heteroatoms. The van der Waals surface area contributed by atoms with Gasteiger partial charge in [-0.2, -0.15) is 10.1 Å². The zero-order valence-electron chi connectivity index (χ0n) is 14.9. The topological polar surface area (TPSA) is 103 Å². The molecular weight excluding hydrogens is 360 g/mol. The molecule has 0 bridgehead atoms. The van der Waals surface area contributed by atoms with E-state index in [0.29, 0.717) is 34.5 Å². The van der Waals surface area contributed by atoms with Crippen molar-refractivity contribution < 1.29 is 14.3 Å². The Hall–Kier alpha value is -3.88. The summed E-state index contributed by atoms with van der Waals surface area (Å²) in [5.74, 6) is 2.08. The minimum Gasteiger partial charge on any atom is -0.454 e. The summed E-state index contributed by atoms with van der Waals surface area (Å²) in [5.41, 5.74) is 2.04. The average molecular weight is 376 g/mol. The van der Waals surface area contributed by atoms with Gasteiger partial charge in [-0.3, -0.25) is 4.79 Å². The Morgan fingerprint density at radius 2 is 2.11 bits per heavy atom. The van der Waals surface area contributed by atoms with Crippen molar-refractivity contribution in [2.45, 2.75) is 13.0 Å². The number of anilines is 2. The molecule has 0 spiro atoms. The molecule has 0 fully saturated rings. The Bertz CT molecular complexity index is 1090. The Labute approximate surface area is 160 Å². The van der Waals surface area contributed by atoms with Crippen molar-refractivity contribution in [3.8, 4) is 11.5 Å². The molecule has 2 aliphatic rings. The number of rotatable bonds is 3. The second-order valence-electron chi connectivity index (χ2n) is 6.38. The van der Waals surface area contributed by atoms with E-state index in [-0.39, 0.29) is 12.7 Å². The molecule has 2 aromatic heterocycles. The molecule has 0 saturated carbocycles. The van der Waals surface area contributed by atoms with E-state index in [4.69, 9.17) is 9.47 Å². The maximum Gasteiger partial charge on any atom is 0.257 e. The van der Waals surface area contributed by atoms with Crippen LogP contribution in [0.4, 0.5) is 11.8 Å². The van der Waals surface area contributed by atoms with E-state index in [1.165, 1.54) is 6.33 Å². The van der Waals surface area contributed by atoms with Crippen LogP contribution in [0.3, 0.4) is 0 Å². The largest absolute Gasteiger partial charge is 0.454 e. The summed E-state index contributed by atoms with van der Waals surface area (Å²) in [7, 11) is 0. The maximum absolute atomic E-state index is 13.2. The molecule has 0 aliphatic carbocycles. The quantitative estimate of drug-likeness (QED) is 0.723. The van der Waals surface area contributed by atoms with Crippen LogP contribution < -0.4 is 20.1 Å². The van der Waals surface area contributed by atoms with Crippen LogP contribution in [0.2, 0.25) is 0 Å². The number of pyridine rings is 1. The van der Waals surface area contributed by atoms with E-state index in [0.717, 1.165) is 5.56 Å². The second-order valence-corrected chi connectivity index (χ2v) is 6.38. The molecule has 1 aromatic carbocycles. The third-order valence-electron chi connectivity index (χ3n) is 4.66. The van der Waals surface area contributed by atoms with Crippen LogP contribution in [-0.4, -0.2) is 32.4 Å². The number of benzene rings is 1. The smallest absolute Gasteiger partial charge is 0.257 e. The van der Waals surface area contributed by atoms with Crippen LogP contribution >= 0.6 is 0 Å². The van der Waals surface area contributed by atoms with Crippen molar-refractivity contribution in [1.29, 1.82) is 0 Å². The number of hydrogen-bond donors (Lipinski definition) is 2. The summed E-state index contributed by atoms with van der Waals surface area (Å²) in [6.45, 7) is 2.02. The second kappa shape index (κ2) is 6.38. The van der Waals surface area contributed by atoms with Gasteiger partial charge in [-0.1, -0.05) is 12.1 Å². The predicted molar refractivity (Wildman–Crippen MR) is 99.9 cm³/mol. The number of ether oxygens (including phenoxy) is 2. The van der Waals surface area contributed by atoms with Gasteiger partial charge in [0.2, 0.25) is 12.7 Å². The molecule has 28 heavy (non-hydrogen) atoms. The molecule has 1 unspecified atom stereocenters. The van der Waals surface area contributed by atoms with Crippen LogP contribution in [0.1, 0.15) is 18.5 Å². The number of allylic oxidation sites excluding steroid dienone is 1. The summed E-state index contributed by atoms with van der Waals surface area (Å²) < 4.78 is 12.6. The molecule has 140 valence electrons. The molecule has 0 radical (unpaired) electrons. The first-order chi connectivity index (χ1) is 13.7. The maximum atomic E-state index is 13.2. The first-order valence-corrected chi connectivity index (χ1v) is 8.70. The zero-order chi connectivity index (χ0) is 19.1. The molecule has 9 nitrogen and oxygen atoms in total. The Morgan fingerprint density at radius 3 is 2.96 bits per heavy atom. The van der Waals surface area contributed by atoms with Crippen molar-refractivity contribution in [3.05, 3.63) is 65.8 Å². The fourth-order valence-electron chi connectivity index (χ4n) is 3.40. The van der Waals surface area contributed by atoms with Crippen LogP contribution in [0.15, 0.2) is 60.2 Å². The van der Waals surface area contributed by atoms with E-state index >= 15 is 0 Å². The Balaban J connectivity index is 1.58. The SMILES string of the molecule is CC1=C(C(=O)Nc2ccccn2)C(c2ccc3c(c2)OCO3)n2ncnc2N1. The fourth-order valence-corrected chi connectivity index (χ4v) is 3.40. The van der Waals surface area contributed by atoms with E-state index in [1.54, 1.807) is 23.0 Å². The summed E-state index contributed by atoms with van der Waals surface area (Å²) in [6, 6.07) is 10.5. The first kappa shape index (κ1) is 16.3. The Morgan fingerprint density at radius 1 is 1.21 bits per heavy atom. The molecule has 0 saturated heterocycles. The average Bonchev–Trinajstić information content (AvgIpc) is 3.35. The van der Waals surface area contributed by atoms with E-state index < -0.39 is 6.04 Å². The van der Waals surface area contributed by atoms with Crippen LogP contribution in [0.25, 0.3) is 0 Å². The van der Waals surface area contributed by atoms with E-state index in [1.807, 2.05) is 31.2 Å². The lowest BCUT2D eigenvalue weighted by Crippen LogP contribution is -2.31. The van der Waals surface area contributed by atoms with Gasteiger partial charge in [0.25, 0.3) is 5.91 Å². The zero-order valence-corrected chi connectivity index (χ0v) is 14.9. The number of fused-ring (bicyclic) bond motifs is 2. The number of nitrogens with one attached hydrogen (secondary N) is 2. The van der Waals surface area contributed by atoms with Crippen LogP contribution in [0, 0.1) is 0 Å². The summed E-state index contributed by atoms with van der Waals surface area (Å²) in [4.78, 5) is 21.6. The highest BCUT2D eigenvalue weighted by Crippen LogP contribution is 2.40.